The van der Waals surface area contributed by atoms with Crippen molar-refractivity contribution in [1.29, 1.82) is 5.26 Å². The maximum Gasteiger partial charge on any atom is 0.231 e. The van der Waals surface area contributed by atoms with Crippen LogP contribution in [0, 0.1) is 17.2 Å². The van der Waals surface area contributed by atoms with Crippen LogP contribution in [0.4, 0.5) is 5.69 Å². The van der Waals surface area contributed by atoms with Gasteiger partial charge in [-0.25, -0.2) is 0 Å². The molecule has 1 N–H and O–H groups in total. The van der Waals surface area contributed by atoms with Gasteiger partial charge in [0.25, 0.3) is 0 Å². The molecule has 0 fully saturated rings. The summed E-state index contributed by atoms with van der Waals surface area (Å²) in [7, 11) is 0. The summed E-state index contributed by atoms with van der Waals surface area (Å²) in [5.41, 5.74) is 3.29. The van der Waals surface area contributed by atoms with E-state index in [4.69, 9.17) is 5.26 Å². The third-order valence-electron chi connectivity index (χ3n) is 3.82. The number of benzene rings is 2. The zero-order valence-electron chi connectivity index (χ0n) is 13.8. The van der Waals surface area contributed by atoms with E-state index in [9.17, 15) is 4.79 Å². The third kappa shape index (κ3) is 4.43. The molecule has 0 aliphatic rings. The van der Waals surface area contributed by atoms with E-state index in [1.54, 1.807) is 18.2 Å². The van der Waals surface area contributed by atoms with Crippen molar-refractivity contribution >= 4 is 11.6 Å². The molecule has 0 bridgehead atoms. The minimum Gasteiger partial charge on any atom is -0.324 e. The molecule has 2 aromatic carbocycles. The largest absolute Gasteiger partial charge is 0.324 e. The molecule has 2 aromatic rings. The molecule has 3 heteroatoms. The molecule has 0 radical (unpaired) electrons. The van der Waals surface area contributed by atoms with Gasteiger partial charge in [0.1, 0.15) is 6.07 Å². The number of nitrogens with zero attached hydrogens (tertiary/aromatic N) is 1. The molecule has 118 valence electrons. The normalized spacial score (nSPS) is 11.8. The van der Waals surface area contributed by atoms with E-state index in [2.05, 4.69) is 37.4 Å². The summed E-state index contributed by atoms with van der Waals surface area (Å²) in [5.74, 6) is 0.239. The molecule has 1 atom stereocenters. The molecule has 0 heterocycles. The van der Waals surface area contributed by atoms with E-state index in [-0.39, 0.29) is 11.8 Å². The molecule has 0 aromatic heterocycles. The summed E-state index contributed by atoms with van der Waals surface area (Å²) in [4.78, 5) is 12.4. The molecular formula is C20H22N2O. The van der Waals surface area contributed by atoms with Crippen LogP contribution in [0.3, 0.4) is 0 Å². The molecule has 0 unspecified atom stereocenters. The highest BCUT2D eigenvalue weighted by molar-refractivity contribution is 5.96. The van der Waals surface area contributed by atoms with E-state index in [1.165, 1.54) is 5.56 Å². The van der Waals surface area contributed by atoms with Crippen molar-refractivity contribution in [3.63, 3.8) is 0 Å². The second kappa shape index (κ2) is 7.60. The molecule has 0 saturated heterocycles. The van der Waals surface area contributed by atoms with Crippen LogP contribution in [0.15, 0.2) is 48.5 Å². The maximum absolute atomic E-state index is 12.4. The Morgan fingerprint density at radius 2 is 1.74 bits per heavy atom. The average molecular weight is 306 g/mol. The van der Waals surface area contributed by atoms with Crippen LogP contribution in [-0.2, 0) is 11.2 Å². The van der Waals surface area contributed by atoms with Gasteiger partial charge in [-0.2, -0.15) is 5.26 Å². The monoisotopic (exact) mass is 306 g/mol. The molecule has 0 spiro atoms. The average Bonchev–Trinajstić information content (AvgIpc) is 2.55. The molecule has 0 saturated carbocycles. The van der Waals surface area contributed by atoms with Crippen LogP contribution >= 0.6 is 0 Å². The first-order valence-corrected chi connectivity index (χ1v) is 7.90. The summed E-state index contributed by atoms with van der Waals surface area (Å²) in [5, 5.41) is 11.9. The first-order valence-electron chi connectivity index (χ1n) is 7.90. The van der Waals surface area contributed by atoms with Crippen LogP contribution < -0.4 is 5.32 Å². The van der Waals surface area contributed by atoms with Crippen molar-refractivity contribution in [3.05, 3.63) is 65.2 Å². The fourth-order valence-corrected chi connectivity index (χ4v) is 2.50. The molecule has 1 amide bonds. The Labute approximate surface area is 138 Å². The lowest BCUT2D eigenvalue weighted by Crippen LogP contribution is -2.19. The van der Waals surface area contributed by atoms with E-state index in [0.29, 0.717) is 17.2 Å². The number of carbonyl (C=O) groups is 1. The van der Waals surface area contributed by atoms with Crippen molar-refractivity contribution in [3.8, 4) is 6.07 Å². The number of carbonyl (C=O) groups excluding carboxylic acids is 1. The molecule has 23 heavy (non-hydrogen) atoms. The second-order valence-corrected chi connectivity index (χ2v) is 6.21. The van der Waals surface area contributed by atoms with Crippen molar-refractivity contribution in [2.24, 2.45) is 5.92 Å². The number of rotatable bonds is 5. The zero-order chi connectivity index (χ0) is 16.8. The Morgan fingerprint density at radius 1 is 1.09 bits per heavy atom. The Bertz CT molecular complexity index is 711. The van der Waals surface area contributed by atoms with E-state index in [0.717, 1.165) is 12.0 Å². The standard InChI is InChI=1S/C20H22N2O/c1-14(2)12-16-8-10-17(11-9-16)15(3)20(23)22-19-7-5-4-6-18(19)13-21/h4-11,14-15H,12H2,1-3H3,(H,22,23)/t15-/m0/s1. The summed E-state index contributed by atoms with van der Waals surface area (Å²) in [6.07, 6.45) is 1.04. The number of anilines is 1. The lowest BCUT2D eigenvalue weighted by Gasteiger charge is -2.14. The van der Waals surface area contributed by atoms with Gasteiger partial charge in [-0.1, -0.05) is 50.2 Å². The summed E-state index contributed by atoms with van der Waals surface area (Å²) in [6.45, 7) is 6.26. The molecule has 2 rings (SSSR count). The van der Waals surface area contributed by atoms with Crippen LogP contribution in [0.2, 0.25) is 0 Å². The Kier molecular flexibility index (Phi) is 5.54. The van der Waals surface area contributed by atoms with Gasteiger partial charge in [0.05, 0.1) is 17.2 Å². The number of para-hydroxylation sites is 1. The molecule has 0 aliphatic heterocycles. The van der Waals surface area contributed by atoms with Crippen molar-refractivity contribution < 1.29 is 4.79 Å². The number of amides is 1. The maximum atomic E-state index is 12.4. The van der Waals surface area contributed by atoms with Gasteiger partial charge in [0.15, 0.2) is 0 Å². The van der Waals surface area contributed by atoms with Crippen LogP contribution in [0.25, 0.3) is 0 Å². The van der Waals surface area contributed by atoms with Gasteiger partial charge in [-0.15, -0.1) is 0 Å². The fraction of sp³-hybridized carbons (Fsp3) is 0.300. The minimum absolute atomic E-state index is 0.107. The van der Waals surface area contributed by atoms with Gasteiger partial charge in [0.2, 0.25) is 5.91 Å². The van der Waals surface area contributed by atoms with E-state index < -0.39 is 0 Å². The Hall–Kier alpha value is -2.60. The second-order valence-electron chi connectivity index (χ2n) is 6.21. The smallest absolute Gasteiger partial charge is 0.231 e. The topological polar surface area (TPSA) is 52.9 Å². The van der Waals surface area contributed by atoms with Crippen LogP contribution in [-0.4, -0.2) is 5.91 Å². The van der Waals surface area contributed by atoms with E-state index in [1.807, 2.05) is 25.1 Å². The number of nitrogens with one attached hydrogen (secondary N) is 1. The van der Waals surface area contributed by atoms with Crippen molar-refractivity contribution in [2.45, 2.75) is 33.1 Å². The van der Waals surface area contributed by atoms with Gasteiger partial charge < -0.3 is 5.32 Å². The lowest BCUT2D eigenvalue weighted by atomic mass is 9.96. The highest BCUT2D eigenvalue weighted by Gasteiger charge is 2.16. The first kappa shape index (κ1) is 16.8. The van der Waals surface area contributed by atoms with Crippen molar-refractivity contribution in [2.75, 3.05) is 5.32 Å². The molecule has 0 aliphatic carbocycles. The fourth-order valence-electron chi connectivity index (χ4n) is 2.50. The number of hydrogen-bond acceptors (Lipinski definition) is 2. The first-order chi connectivity index (χ1) is 11.0. The quantitative estimate of drug-likeness (QED) is 0.884. The Morgan fingerprint density at radius 3 is 2.35 bits per heavy atom. The summed E-state index contributed by atoms with van der Waals surface area (Å²) >= 11 is 0. The van der Waals surface area contributed by atoms with E-state index >= 15 is 0 Å². The highest BCUT2D eigenvalue weighted by Crippen LogP contribution is 2.21. The number of nitriles is 1. The van der Waals surface area contributed by atoms with Crippen LogP contribution in [0.1, 0.15) is 43.4 Å². The van der Waals surface area contributed by atoms with Crippen LogP contribution in [0.5, 0.6) is 0 Å². The highest BCUT2D eigenvalue weighted by atomic mass is 16.1. The van der Waals surface area contributed by atoms with Gasteiger partial charge in [-0.3, -0.25) is 4.79 Å². The van der Waals surface area contributed by atoms with Gasteiger partial charge in [0, 0.05) is 0 Å². The number of hydrogen-bond donors (Lipinski definition) is 1. The predicted octanol–water partition coefficient (Wildman–Crippen LogP) is 4.50. The summed E-state index contributed by atoms with van der Waals surface area (Å²) < 4.78 is 0. The predicted molar refractivity (Wildman–Crippen MR) is 93.2 cm³/mol. The van der Waals surface area contributed by atoms with Crippen molar-refractivity contribution in [1.82, 2.24) is 0 Å². The Balaban J connectivity index is 2.09. The molecule has 3 nitrogen and oxygen atoms in total. The zero-order valence-corrected chi connectivity index (χ0v) is 13.8. The SMILES string of the molecule is CC(C)Cc1ccc([C@H](C)C(=O)Nc2ccccc2C#N)cc1. The van der Waals surface area contributed by atoms with Gasteiger partial charge in [-0.05, 0) is 42.5 Å². The minimum atomic E-state index is -0.269. The third-order valence-corrected chi connectivity index (χ3v) is 3.82. The van der Waals surface area contributed by atoms with Gasteiger partial charge >= 0.3 is 0 Å². The summed E-state index contributed by atoms with van der Waals surface area (Å²) in [6, 6.07) is 17.3. The molecular weight excluding hydrogens is 284 g/mol. The lowest BCUT2D eigenvalue weighted by molar-refractivity contribution is -0.117.